The van der Waals surface area contributed by atoms with Crippen LogP contribution in [0.25, 0.3) is 0 Å². The average Bonchev–Trinajstić information content (AvgIpc) is 2.47. The van der Waals surface area contributed by atoms with Crippen molar-refractivity contribution in [2.75, 3.05) is 12.4 Å². The first-order chi connectivity index (χ1) is 9.24. The number of para-hydroxylation sites is 1. The number of nitrogens with one attached hydrogen (secondary N) is 1. The lowest BCUT2D eigenvalue weighted by Gasteiger charge is -2.09. The van der Waals surface area contributed by atoms with E-state index < -0.39 is 0 Å². The number of anilines is 1. The number of hydrogen-bond donors (Lipinski definition) is 1. The molecule has 3 nitrogen and oxygen atoms in total. The topological polar surface area (TPSA) is 38.3 Å². The fourth-order valence-electron chi connectivity index (χ4n) is 1.72. The van der Waals surface area contributed by atoms with E-state index in [4.69, 9.17) is 16.3 Å². The van der Waals surface area contributed by atoms with Crippen LogP contribution in [-0.2, 0) is 5.88 Å². The van der Waals surface area contributed by atoms with E-state index in [9.17, 15) is 4.79 Å². The second kappa shape index (κ2) is 6.25. The number of halogens is 1. The summed E-state index contributed by atoms with van der Waals surface area (Å²) >= 11 is 5.84. The molecule has 2 aromatic rings. The van der Waals surface area contributed by atoms with E-state index in [0.29, 0.717) is 17.2 Å². The Balaban J connectivity index is 2.20. The standard InChI is InChI=1S/C15H14ClNO2/c1-19-13-7-4-6-11(9-13)15(18)17-14-8-3-2-5-12(14)10-16/h2-9H,10H2,1H3,(H,17,18). The minimum Gasteiger partial charge on any atom is -0.497 e. The fourth-order valence-corrected chi connectivity index (χ4v) is 1.95. The molecule has 0 bridgehead atoms. The van der Waals surface area contributed by atoms with E-state index in [1.807, 2.05) is 24.3 Å². The van der Waals surface area contributed by atoms with Gasteiger partial charge in [0.05, 0.1) is 7.11 Å². The first-order valence-electron chi connectivity index (χ1n) is 5.84. The average molecular weight is 276 g/mol. The van der Waals surface area contributed by atoms with E-state index in [-0.39, 0.29) is 5.91 Å². The van der Waals surface area contributed by atoms with Crippen LogP contribution in [0, 0.1) is 0 Å². The van der Waals surface area contributed by atoms with Crippen LogP contribution < -0.4 is 10.1 Å². The Bertz CT molecular complexity index is 584. The second-order valence-corrected chi connectivity index (χ2v) is 4.24. The SMILES string of the molecule is COc1cccc(C(=O)Nc2ccccc2CCl)c1. The third-order valence-electron chi connectivity index (χ3n) is 2.74. The molecule has 0 unspecified atom stereocenters. The molecule has 98 valence electrons. The maximum absolute atomic E-state index is 12.1. The summed E-state index contributed by atoms with van der Waals surface area (Å²) in [5, 5.41) is 2.85. The summed E-state index contributed by atoms with van der Waals surface area (Å²) < 4.78 is 5.10. The Hall–Kier alpha value is -2.00. The van der Waals surface area contributed by atoms with Crippen LogP contribution in [0.1, 0.15) is 15.9 Å². The summed E-state index contributed by atoms with van der Waals surface area (Å²) in [5.74, 6) is 0.823. The number of hydrogen-bond acceptors (Lipinski definition) is 2. The minimum atomic E-state index is -0.184. The summed E-state index contributed by atoms with van der Waals surface area (Å²) in [6.45, 7) is 0. The van der Waals surface area contributed by atoms with Gasteiger partial charge < -0.3 is 10.1 Å². The zero-order valence-corrected chi connectivity index (χ0v) is 11.3. The zero-order chi connectivity index (χ0) is 13.7. The first kappa shape index (κ1) is 13.4. The van der Waals surface area contributed by atoms with Crippen LogP contribution in [0.3, 0.4) is 0 Å². The Kier molecular flexibility index (Phi) is 4.42. The summed E-state index contributed by atoms with van der Waals surface area (Å²) in [7, 11) is 1.57. The van der Waals surface area contributed by atoms with Gasteiger partial charge >= 0.3 is 0 Å². The van der Waals surface area contributed by atoms with Crippen LogP contribution >= 0.6 is 11.6 Å². The Morgan fingerprint density at radius 3 is 2.74 bits per heavy atom. The van der Waals surface area contributed by atoms with Gasteiger partial charge in [-0.1, -0.05) is 24.3 Å². The third kappa shape index (κ3) is 3.26. The van der Waals surface area contributed by atoms with E-state index >= 15 is 0 Å². The number of ether oxygens (including phenoxy) is 1. The largest absolute Gasteiger partial charge is 0.497 e. The molecular formula is C15H14ClNO2. The van der Waals surface area contributed by atoms with Gasteiger partial charge in [0.2, 0.25) is 0 Å². The number of amides is 1. The molecule has 0 saturated heterocycles. The third-order valence-corrected chi connectivity index (χ3v) is 3.03. The predicted molar refractivity (Wildman–Crippen MR) is 76.9 cm³/mol. The quantitative estimate of drug-likeness (QED) is 0.865. The second-order valence-electron chi connectivity index (χ2n) is 3.98. The van der Waals surface area contributed by atoms with Crippen LogP contribution in [-0.4, -0.2) is 13.0 Å². The molecular weight excluding hydrogens is 262 g/mol. The molecule has 1 amide bonds. The number of rotatable bonds is 4. The molecule has 0 spiro atoms. The number of benzene rings is 2. The van der Waals surface area contributed by atoms with E-state index in [1.54, 1.807) is 31.4 Å². The first-order valence-corrected chi connectivity index (χ1v) is 6.37. The molecule has 2 rings (SSSR count). The van der Waals surface area contributed by atoms with Gasteiger partial charge in [0.15, 0.2) is 0 Å². The van der Waals surface area contributed by atoms with Crippen molar-refractivity contribution in [2.24, 2.45) is 0 Å². The predicted octanol–water partition coefficient (Wildman–Crippen LogP) is 3.69. The summed E-state index contributed by atoms with van der Waals surface area (Å²) in [6, 6.07) is 14.5. The molecule has 4 heteroatoms. The minimum absolute atomic E-state index is 0.184. The highest BCUT2D eigenvalue weighted by Gasteiger charge is 2.09. The lowest BCUT2D eigenvalue weighted by molar-refractivity contribution is 0.102. The van der Waals surface area contributed by atoms with Gasteiger partial charge in [0, 0.05) is 17.1 Å². The highest BCUT2D eigenvalue weighted by Crippen LogP contribution is 2.19. The van der Waals surface area contributed by atoms with E-state index in [1.165, 1.54) is 0 Å². The van der Waals surface area contributed by atoms with Crippen molar-refractivity contribution >= 4 is 23.2 Å². The molecule has 0 aliphatic carbocycles. The molecule has 0 fully saturated rings. The molecule has 0 heterocycles. The maximum Gasteiger partial charge on any atom is 0.255 e. The monoisotopic (exact) mass is 275 g/mol. The molecule has 0 aliphatic heterocycles. The summed E-state index contributed by atoms with van der Waals surface area (Å²) in [4.78, 5) is 12.1. The van der Waals surface area contributed by atoms with Crippen molar-refractivity contribution in [2.45, 2.75) is 5.88 Å². The number of methoxy groups -OCH3 is 1. The molecule has 0 radical (unpaired) electrons. The van der Waals surface area contributed by atoms with Crippen LogP contribution in [0.4, 0.5) is 5.69 Å². The molecule has 0 aromatic heterocycles. The number of alkyl halides is 1. The van der Waals surface area contributed by atoms with Crippen molar-refractivity contribution in [3.8, 4) is 5.75 Å². The van der Waals surface area contributed by atoms with Crippen LogP contribution in [0.2, 0.25) is 0 Å². The molecule has 19 heavy (non-hydrogen) atoms. The van der Waals surface area contributed by atoms with Gasteiger partial charge in [-0.3, -0.25) is 4.79 Å². The molecule has 0 saturated carbocycles. The maximum atomic E-state index is 12.1. The van der Waals surface area contributed by atoms with E-state index in [2.05, 4.69) is 5.32 Å². The van der Waals surface area contributed by atoms with Crippen LogP contribution in [0.5, 0.6) is 5.75 Å². The molecule has 2 aromatic carbocycles. The van der Waals surface area contributed by atoms with Gasteiger partial charge in [-0.25, -0.2) is 0 Å². The van der Waals surface area contributed by atoms with Gasteiger partial charge in [0.1, 0.15) is 5.75 Å². The van der Waals surface area contributed by atoms with Crippen LogP contribution in [0.15, 0.2) is 48.5 Å². The number of carbonyl (C=O) groups excluding carboxylic acids is 1. The van der Waals surface area contributed by atoms with E-state index in [0.717, 1.165) is 11.3 Å². The van der Waals surface area contributed by atoms with Crippen molar-refractivity contribution < 1.29 is 9.53 Å². The molecule has 0 aliphatic rings. The fraction of sp³-hybridized carbons (Fsp3) is 0.133. The Morgan fingerprint density at radius 1 is 1.21 bits per heavy atom. The van der Waals surface area contributed by atoms with Gasteiger partial charge in [0.25, 0.3) is 5.91 Å². The van der Waals surface area contributed by atoms with Gasteiger partial charge in [-0.15, -0.1) is 11.6 Å². The van der Waals surface area contributed by atoms with Crippen molar-refractivity contribution in [1.29, 1.82) is 0 Å². The van der Waals surface area contributed by atoms with Crippen molar-refractivity contribution in [3.63, 3.8) is 0 Å². The lowest BCUT2D eigenvalue weighted by atomic mass is 10.1. The van der Waals surface area contributed by atoms with Crippen molar-refractivity contribution in [1.82, 2.24) is 0 Å². The molecule has 0 atom stereocenters. The Morgan fingerprint density at radius 2 is 2.00 bits per heavy atom. The highest BCUT2D eigenvalue weighted by molar-refractivity contribution is 6.17. The molecule has 1 N–H and O–H groups in total. The van der Waals surface area contributed by atoms with Gasteiger partial charge in [-0.05, 0) is 29.8 Å². The lowest BCUT2D eigenvalue weighted by Crippen LogP contribution is -2.13. The zero-order valence-electron chi connectivity index (χ0n) is 10.5. The van der Waals surface area contributed by atoms with Crippen molar-refractivity contribution in [3.05, 3.63) is 59.7 Å². The highest BCUT2D eigenvalue weighted by atomic mass is 35.5. The number of carbonyl (C=O) groups is 1. The van der Waals surface area contributed by atoms with Gasteiger partial charge in [-0.2, -0.15) is 0 Å². The Labute approximate surface area is 117 Å². The normalized spacial score (nSPS) is 10.0. The summed E-state index contributed by atoms with van der Waals surface area (Å²) in [6.07, 6.45) is 0. The smallest absolute Gasteiger partial charge is 0.255 e. The summed E-state index contributed by atoms with van der Waals surface area (Å²) in [5.41, 5.74) is 2.16.